The van der Waals surface area contributed by atoms with E-state index in [9.17, 15) is 4.79 Å². The molecule has 4 heterocycles. The molecule has 0 aliphatic carbocycles. The number of nitrogens with one attached hydrogen (secondary N) is 1. The highest BCUT2D eigenvalue weighted by Gasteiger charge is 2.19. The number of nitrogens with zero attached hydrogens (tertiary/aromatic N) is 4. The number of amides is 1. The lowest BCUT2D eigenvalue weighted by atomic mass is 10.0. The second-order valence-electron chi connectivity index (χ2n) is 6.93. The number of hydrogen-bond donors (Lipinski definition) is 1. The van der Waals surface area contributed by atoms with Crippen LogP contribution in [0.4, 0.5) is 0 Å². The topological polar surface area (TPSA) is 80.1 Å². The van der Waals surface area contributed by atoms with Crippen molar-refractivity contribution in [1.82, 2.24) is 20.3 Å². The molecule has 1 atom stereocenters. The average Bonchev–Trinajstić information content (AvgIpc) is 3.12. The van der Waals surface area contributed by atoms with E-state index in [1.54, 1.807) is 18.6 Å². The first-order valence-corrected chi connectivity index (χ1v) is 9.25. The van der Waals surface area contributed by atoms with Gasteiger partial charge in [-0.2, -0.15) is 0 Å². The number of carbonyl (C=O) groups is 1. The normalized spacial score (nSPS) is 13.6. The number of fused-ring (bicyclic) bond motifs is 1. The van der Waals surface area contributed by atoms with Crippen molar-refractivity contribution in [2.24, 2.45) is 4.99 Å². The van der Waals surface area contributed by atoms with E-state index in [0.717, 1.165) is 39.4 Å². The van der Waals surface area contributed by atoms with Crippen molar-refractivity contribution >= 4 is 11.6 Å². The third kappa shape index (κ3) is 3.81. The van der Waals surface area contributed by atoms with Crippen LogP contribution in [0, 0.1) is 6.92 Å². The van der Waals surface area contributed by atoms with Gasteiger partial charge in [-0.3, -0.25) is 24.7 Å². The van der Waals surface area contributed by atoms with E-state index in [-0.39, 0.29) is 18.4 Å². The maximum atomic E-state index is 12.4. The summed E-state index contributed by atoms with van der Waals surface area (Å²) < 4.78 is 0. The van der Waals surface area contributed by atoms with E-state index in [0.29, 0.717) is 6.54 Å². The van der Waals surface area contributed by atoms with Gasteiger partial charge in [-0.25, -0.2) is 0 Å². The summed E-state index contributed by atoms with van der Waals surface area (Å²) in [6.07, 6.45) is 7.31. The average molecular weight is 371 g/mol. The highest BCUT2D eigenvalue weighted by Crippen LogP contribution is 2.23. The molecule has 0 radical (unpaired) electrons. The van der Waals surface area contributed by atoms with Crippen molar-refractivity contribution < 1.29 is 4.79 Å². The number of pyridine rings is 3. The van der Waals surface area contributed by atoms with Crippen LogP contribution in [0.3, 0.4) is 0 Å². The summed E-state index contributed by atoms with van der Waals surface area (Å²) in [6.45, 7) is 4.53. The maximum absolute atomic E-state index is 12.4. The lowest BCUT2D eigenvalue weighted by molar-refractivity contribution is -0.121. The summed E-state index contributed by atoms with van der Waals surface area (Å²) in [5.41, 5.74) is 6.85. The van der Waals surface area contributed by atoms with Gasteiger partial charge in [-0.05, 0) is 55.3 Å². The van der Waals surface area contributed by atoms with Crippen LogP contribution in [0.1, 0.15) is 46.6 Å². The van der Waals surface area contributed by atoms with Crippen molar-refractivity contribution in [2.75, 3.05) is 0 Å². The molecule has 0 spiro atoms. The molecule has 4 rings (SSSR count). The van der Waals surface area contributed by atoms with E-state index < -0.39 is 0 Å². The molecule has 0 saturated heterocycles. The second kappa shape index (κ2) is 7.68. The highest BCUT2D eigenvalue weighted by atomic mass is 16.1. The van der Waals surface area contributed by atoms with Crippen molar-refractivity contribution in [1.29, 1.82) is 0 Å². The number of aliphatic imine (C=N–C) groups is 1. The summed E-state index contributed by atoms with van der Waals surface area (Å²) >= 11 is 0. The molecule has 1 N–H and O–H groups in total. The molecule has 0 saturated carbocycles. The smallest absolute Gasteiger partial charge is 0.226 e. The Morgan fingerprint density at radius 2 is 1.96 bits per heavy atom. The third-order valence-corrected chi connectivity index (χ3v) is 4.80. The Bertz CT molecular complexity index is 1050. The fourth-order valence-electron chi connectivity index (χ4n) is 3.37. The zero-order valence-electron chi connectivity index (χ0n) is 15.9. The summed E-state index contributed by atoms with van der Waals surface area (Å²) in [5, 5.41) is 3.01. The fourth-order valence-corrected chi connectivity index (χ4v) is 3.37. The Morgan fingerprint density at radius 1 is 1.14 bits per heavy atom. The van der Waals surface area contributed by atoms with E-state index >= 15 is 0 Å². The Hall–Kier alpha value is -3.41. The molecule has 0 bridgehead atoms. The molecule has 1 amide bonds. The molecule has 6 nitrogen and oxygen atoms in total. The van der Waals surface area contributed by atoms with Gasteiger partial charge >= 0.3 is 0 Å². The zero-order valence-corrected chi connectivity index (χ0v) is 15.9. The molecule has 0 fully saturated rings. The Labute approximate surface area is 163 Å². The summed E-state index contributed by atoms with van der Waals surface area (Å²) in [5.74, 6) is -0.0549. The van der Waals surface area contributed by atoms with Crippen LogP contribution in [0.5, 0.6) is 0 Å². The maximum Gasteiger partial charge on any atom is 0.226 e. The molecule has 140 valence electrons. The van der Waals surface area contributed by atoms with E-state index in [1.165, 1.54) is 0 Å². The first-order valence-electron chi connectivity index (χ1n) is 9.25. The van der Waals surface area contributed by atoms with Crippen molar-refractivity contribution in [3.8, 4) is 0 Å². The Morgan fingerprint density at radius 3 is 2.75 bits per heavy atom. The van der Waals surface area contributed by atoms with Gasteiger partial charge in [-0.1, -0.05) is 0 Å². The quantitative estimate of drug-likeness (QED) is 0.748. The van der Waals surface area contributed by atoms with Gasteiger partial charge in [-0.15, -0.1) is 0 Å². The van der Waals surface area contributed by atoms with E-state index in [2.05, 4.69) is 25.3 Å². The van der Waals surface area contributed by atoms with Crippen LogP contribution in [-0.4, -0.2) is 26.6 Å². The Balaban J connectivity index is 1.45. The number of aryl methyl sites for hydroxylation is 1. The number of hydrogen-bond acceptors (Lipinski definition) is 5. The van der Waals surface area contributed by atoms with Crippen LogP contribution >= 0.6 is 0 Å². The zero-order chi connectivity index (χ0) is 19.5. The van der Waals surface area contributed by atoms with Gasteiger partial charge in [0.25, 0.3) is 0 Å². The largest absolute Gasteiger partial charge is 0.349 e. The molecular formula is C22H21N5O. The molecule has 3 aromatic heterocycles. The van der Waals surface area contributed by atoms with Crippen LogP contribution in [0.25, 0.3) is 0 Å². The van der Waals surface area contributed by atoms with Crippen molar-refractivity contribution in [3.05, 3.63) is 88.8 Å². The number of carbonyl (C=O) groups excluding carboxylic acids is 1. The monoisotopic (exact) mass is 371 g/mol. The van der Waals surface area contributed by atoms with Gasteiger partial charge in [0, 0.05) is 41.6 Å². The minimum absolute atomic E-state index is 0.0549. The highest BCUT2D eigenvalue weighted by molar-refractivity contribution is 6.15. The molecule has 3 aromatic rings. The molecular weight excluding hydrogens is 350 g/mol. The SMILES string of the molecule is Cc1cc(C2=NCc3cc(CC(=O)N[C@@H](C)c4ccncc4)ncc32)ccn1. The van der Waals surface area contributed by atoms with Crippen LogP contribution in [0.15, 0.2) is 60.1 Å². The van der Waals surface area contributed by atoms with Gasteiger partial charge in [0.05, 0.1) is 30.4 Å². The molecule has 0 unspecified atom stereocenters. The van der Waals surface area contributed by atoms with Gasteiger partial charge in [0.1, 0.15) is 0 Å². The lowest BCUT2D eigenvalue weighted by Crippen LogP contribution is -2.28. The molecule has 1 aliphatic rings. The Kier molecular flexibility index (Phi) is 4.93. The van der Waals surface area contributed by atoms with Crippen LogP contribution in [0.2, 0.25) is 0 Å². The van der Waals surface area contributed by atoms with Gasteiger partial charge in [0.2, 0.25) is 5.91 Å². The minimum Gasteiger partial charge on any atom is -0.349 e. The lowest BCUT2D eigenvalue weighted by Gasteiger charge is -2.14. The predicted molar refractivity (Wildman–Crippen MR) is 107 cm³/mol. The summed E-state index contributed by atoms with van der Waals surface area (Å²) in [6, 6.07) is 9.70. The van der Waals surface area contributed by atoms with Gasteiger partial charge in [0.15, 0.2) is 0 Å². The first-order chi connectivity index (χ1) is 13.6. The molecule has 1 aliphatic heterocycles. The predicted octanol–water partition coefficient (Wildman–Crippen LogP) is 2.95. The van der Waals surface area contributed by atoms with Crippen molar-refractivity contribution in [2.45, 2.75) is 32.9 Å². The number of aromatic nitrogens is 3. The van der Waals surface area contributed by atoms with Crippen molar-refractivity contribution in [3.63, 3.8) is 0 Å². The molecule has 28 heavy (non-hydrogen) atoms. The molecule has 0 aromatic carbocycles. The van der Waals surface area contributed by atoms with Crippen LogP contribution in [-0.2, 0) is 17.8 Å². The fraction of sp³-hybridized carbons (Fsp3) is 0.227. The van der Waals surface area contributed by atoms with Crippen LogP contribution < -0.4 is 5.32 Å². The van der Waals surface area contributed by atoms with E-state index in [1.807, 2.05) is 50.4 Å². The standard InChI is InChI=1S/C22H21N5O/c1-14-9-17(5-8-24-14)22-20-13-25-19(10-18(20)12-26-22)11-21(28)27-15(2)16-3-6-23-7-4-16/h3-10,13,15H,11-12H2,1-2H3,(H,27,28)/t15-/m0/s1. The molecule has 6 heteroatoms. The minimum atomic E-state index is -0.0743. The second-order valence-corrected chi connectivity index (χ2v) is 6.93. The summed E-state index contributed by atoms with van der Waals surface area (Å²) in [4.78, 5) is 29.8. The third-order valence-electron chi connectivity index (χ3n) is 4.80. The van der Waals surface area contributed by atoms with Gasteiger partial charge < -0.3 is 5.32 Å². The van der Waals surface area contributed by atoms with E-state index in [4.69, 9.17) is 0 Å². The number of rotatable bonds is 5. The summed E-state index contributed by atoms with van der Waals surface area (Å²) in [7, 11) is 0. The first kappa shape index (κ1) is 18.0.